The Bertz CT molecular complexity index is 219. The highest BCUT2D eigenvalue weighted by atomic mass is 16.5. The van der Waals surface area contributed by atoms with Gasteiger partial charge in [-0.05, 0) is 40.3 Å². The topological polar surface area (TPSA) is 44.7 Å². The van der Waals surface area contributed by atoms with E-state index in [-0.39, 0.29) is 12.1 Å². The van der Waals surface area contributed by atoms with E-state index in [1.54, 1.807) is 0 Å². The Labute approximate surface area is 105 Å². The molecule has 1 fully saturated rings. The first kappa shape index (κ1) is 14.9. The van der Waals surface area contributed by atoms with Gasteiger partial charge in [0.25, 0.3) is 0 Å². The van der Waals surface area contributed by atoms with Crippen LogP contribution in [-0.2, 0) is 4.74 Å². The van der Waals surface area contributed by atoms with Crippen LogP contribution in [0.4, 0.5) is 0 Å². The molecule has 0 aromatic heterocycles. The summed E-state index contributed by atoms with van der Waals surface area (Å²) in [6, 6.07) is 0.979. The van der Waals surface area contributed by atoms with Gasteiger partial charge in [-0.2, -0.15) is 0 Å². The molecule has 1 saturated heterocycles. The van der Waals surface area contributed by atoms with Crippen LogP contribution in [0.1, 0.15) is 33.6 Å². The molecular formula is C13H28N2O2. The van der Waals surface area contributed by atoms with Crippen LogP contribution >= 0.6 is 0 Å². The van der Waals surface area contributed by atoms with Gasteiger partial charge in [0.1, 0.15) is 0 Å². The van der Waals surface area contributed by atoms with E-state index in [0.29, 0.717) is 12.1 Å². The minimum Gasteiger partial charge on any atom is -0.394 e. The molecule has 0 radical (unpaired) electrons. The van der Waals surface area contributed by atoms with Crippen molar-refractivity contribution >= 4 is 0 Å². The van der Waals surface area contributed by atoms with Gasteiger partial charge < -0.3 is 15.2 Å². The number of likely N-dealkylation sites (N-methyl/N-ethyl adjacent to an activating group) is 2. The van der Waals surface area contributed by atoms with E-state index in [0.717, 1.165) is 32.6 Å². The quantitative estimate of drug-likeness (QED) is 0.697. The Balaban J connectivity index is 2.47. The van der Waals surface area contributed by atoms with E-state index in [4.69, 9.17) is 4.74 Å². The second-order valence-electron chi connectivity index (χ2n) is 5.49. The predicted molar refractivity (Wildman–Crippen MR) is 70.2 cm³/mol. The van der Waals surface area contributed by atoms with E-state index < -0.39 is 0 Å². The van der Waals surface area contributed by atoms with Crippen molar-refractivity contribution in [1.82, 2.24) is 10.2 Å². The largest absolute Gasteiger partial charge is 0.394 e. The van der Waals surface area contributed by atoms with Gasteiger partial charge >= 0.3 is 0 Å². The SMILES string of the molecule is CCNC(C)(CO)CC(C)N(C)C1CCOC1. The maximum atomic E-state index is 9.51. The summed E-state index contributed by atoms with van der Waals surface area (Å²) in [5, 5.41) is 12.9. The molecule has 4 heteroatoms. The molecule has 0 aromatic carbocycles. The summed E-state index contributed by atoms with van der Waals surface area (Å²) in [4.78, 5) is 2.39. The average molecular weight is 244 g/mol. The average Bonchev–Trinajstić information content (AvgIpc) is 2.81. The normalized spacial score (nSPS) is 26.1. The van der Waals surface area contributed by atoms with Crippen molar-refractivity contribution in [1.29, 1.82) is 0 Å². The third-order valence-corrected chi connectivity index (χ3v) is 3.88. The first-order valence-corrected chi connectivity index (χ1v) is 6.68. The lowest BCUT2D eigenvalue weighted by Gasteiger charge is -2.37. The molecule has 0 aromatic rings. The van der Waals surface area contributed by atoms with Gasteiger partial charge in [0.15, 0.2) is 0 Å². The molecule has 3 atom stereocenters. The Hall–Kier alpha value is -0.160. The molecule has 1 aliphatic heterocycles. The van der Waals surface area contributed by atoms with Gasteiger partial charge in [-0.3, -0.25) is 4.90 Å². The molecule has 1 aliphatic rings. The number of aliphatic hydroxyl groups is 1. The molecule has 3 unspecified atom stereocenters. The zero-order valence-corrected chi connectivity index (χ0v) is 11.7. The first-order chi connectivity index (χ1) is 8.02. The standard InChI is InChI=1S/C13H28N2O2/c1-5-14-13(3,10-16)8-11(2)15(4)12-6-7-17-9-12/h11-12,14,16H,5-10H2,1-4H3. The monoisotopic (exact) mass is 244 g/mol. The second-order valence-corrected chi connectivity index (χ2v) is 5.49. The van der Waals surface area contributed by atoms with Crippen molar-refractivity contribution in [3.63, 3.8) is 0 Å². The third-order valence-electron chi connectivity index (χ3n) is 3.88. The molecule has 0 amide bonds. The molecule has 0 spiro atoms. The van der Waals surface area contributed by atoms with E-state index >= 15 is 0 Å². The first-order valence-electron chi connectivity index (χ1n) is 6.68. The van der Waals surface area contributed by atoms with Crippen LogP contribution in [-0.4, -0.2) is 61.0 Å². The Morgan fingerprint density at radius 2 is 2.29 bits per heavy atom. The third kappa shape index (κ3) is 4.21. The Kier molecular flexibility index (Phi) is 5.86. The van der Waals surface area contributed by atoms with Crippen molar-refractivity contribution in [2.24, 2.45) is 0 Å². The van der Waals surface area contributed by atoms with Gasteiger partial charge in [0.2, 0.25) is 0 Å². The van der Waals surface area contributed by atoms with Crippen LogP contribution in [0, 0.1) is 0 Å². The van der Waals surface area contributed by atoms with E-state index in [1.807, 2.05) is 0 Å². The molecule has 0 aliphatic carbocycles. The number of hydrogen-bond donors (Lipinski definition) is 2. The summed E-state index contributed by atoms with van der Waals surface area (Å²) in [5.74, 6) is 0. The molecule has 1 heterocycles. The number of nitrogens with one attached hydrogen (secondary N) is 1. The smallest absolute Gasteiger partial charge is 0.0622 e. The summed E-state index contributed by atoms with van der Waals surface area (Å²) in [6.45, 7) is 9.19. The van der Waals surface area contributed by atoms with Crippen LogP contribution < -0.4 is 5.32 Å². The molecule has 102 valence electrons. The van der Waals surface area contributed by atoms with Gasteiger partial charge in [-0.1, -0.05) is 6.92 Å². The fourth-order valence-corrected chi connectivity index (χ4v) is 2.62. The van der Waals surface area contributed by atoms with Gasteiger partial charge in [-0.15, -0.1) is 0 Å². The lowest BCUT2D eigenvalue weighted by atomic mass is 9.93. The maximum absolute atomic E-state index is 9.51. The predicted octanol–water partition coefficient (Wildman–Crippen LogP) is 0.846. The summed E-state index contributed by atoms with van der Waals surface area (Å²) in [7, 11) is 2.16. The van der Waals surface area contributed by atoms with Crippen molar-refractivity contribution in [3.8, 4) is 0 Å². The van der Waals surface area contributed by atoms with Gasteiger partial charge in [0.05, 0.1) is 13.2 Å². The number of rotatable bonds is 7. The summed E-state index contributed by atoms with van der Waals surface area (Å²) in [6.07, 6.45) is 2.07. The highest BCUT2D eigenvalue weighted by molar-refractivity contribution is 4.88. The Morgan fingerprint density at radius 1 is 1.59 bits per heavy atom. The lowest BCUT2D eigenvalue weighted by molar-refractivity contribution is 0.0967. The molecule has 4 nitrogen and oxygen atoms in total. The molecule has 0 bridgehead atoms. The number of hydrogen-bond acceptors (Lipinski definition) is 4. The zero-order valence-electron chi connectivity index (χ0n) is 11.7. The fourth-order valence-electron chi connectivity index (χ4n) is 2.62. The van der Waals surface area contributed by atoms with Crippen molar-refractivity contribution < 1.29 is 9.84 Å². The molecule has 17 heavy (non-hydrogen) atoms. The van der Waals surface area contributed by atoms with Crippen LogP contribution in [0.25, 0.3) is 0 Å². The summed E-state index contributed by atoms with van der Waals surface area (Å²) >= 11 is 0. The van der Waals surface area contributed by atoms with E-state index in [1.165, 1.54) is 0 Å². The van der Waals surface area contributed by atoms with Crippen molar-refractivity contribution in [3.05, 3.63) is 0 Å². The van der Waals surface area contributed by atoms with E-state index in [9.17, 15) is 5.11 Å². The molecular weight excluding hydrogens is 216 g/mol. The molecule has 0 saturated carbocycles. The van der Waals surface area contributed by atoms with E-state index in [2.05, 4.69) is 38.0 Å². The zero-order chi connectivity index (χ0) is 12.9. The molecule has 1 rings (SSSR count). The van der Waals surface area contributed by atoms with Crippen molar-refractivity contribution in [2.75, 3.05) is 33.4 Å². The number of nitrogens with zero attached hydrogens (tertiary/aromatic N) is 1. The number of aliphatic hydroxyl groups excluding tert-OH is 1. The second kappa shape index (κ2) is 6.69. The van der Waals surface area contributed by atoms with Crippen LogP contribution in [0.15, 0.2) is 0 Å². The highest BCUT2D eigenvalue weighted by Gasteiger charge is 2.30. The van der Waals surface area contributed by atoms with Gasteiger partial charge in [-0.25, -0.2) is 0 Å². The fraction of sp³-hybridized carbons (Fsp3) is 1.00. The minimum absolute atomic E-state index is 0.179. The Morgan fingerprint density at radius 3 is 2.76 bits per heavy atom. The highest BCUT2D eigenvalue weighted by Crippen LogP contribution is 2.20. The van der Waals surface area contributed by atoms with Crippen LogP contribution in [0.3, 0.4) is 0 Å². The molecule has 2 N–H and O–H groups in total. The van der Waals surface area contributed by atoms with Crippen molar-refractivity contribution in [2.45, 2.75) is 51.2 Å². The lowest BCUT2D eigenvalue weighted by Crippen LogP contribution is -2.51. The minimum atomic E-state index is -0.179. The summed E-state index contributed by atoms with van der Waals surface area (Å²) in [5.41, 5.74) is -0.179. The van der Waals surface area contributed by atoms with Crippen LogP contribution in [0.2, 0.25) is 0 Å². The van der Waals surface area contributed by atoms with Gasteiger partial charge in [0, 0.05) is 24.2 Å². The summed E-state index contributed by atoms with van der Waals surface area (Å²) < 4.78 is 5.43. The number of ether oxygens (including phenoxy) is 1. The van der Waals surface area contributed by atoms with Crippen LogP contribution in [0.5, 0.6) is 0 Å². The maximum Gasteiger partial charge on any atom is 0.0622 e.